The van der Waals surface area contributed by atoms with Gasteiger partial charge in [0.2, 0.25) is 0 Å². The van der Waals surface area contributed by atoms with Gasteiger partial charge in [-0.05, 0) is 95.1 Å². The molecule has 6 aromatic carbocycles. The van der Waals surface area contributed by atoms with Crippen LogP contribution in [0.5, 0.6) is 0 Å². The van der Waals surface area contributed by atoms with Crippen molar-refractivity contribution in [3.05, 3.63) is 138 Å². The van der Waals surface area contributed by atoms with Crippen molar-refractivity contribution in [3.63, 3.8) is 0 Å². The molecule has 8 rings (SSSR count). The first-order chi connectivity index (χ1) is 20.4. The van der Waals surface area contributed by atoms with E-state index >= 15 is 0 Å². The van der Waals surface area contributed by atoms with Gasteiger partial charge >= 0.3 is 0 Å². The zero-order chi connectivity index (χ0) is 28.6. The molecule has 1 aliphatic carbocycles. The third-order valence-electron chi connectivity index (χ3n) is 9.54. The van der Waals surface area contributed by atoms with Gasteiger partial charge in [-0.25, -0.2) is 0 Å². The summed E-state index contributed by atoms with van der Waals surface area (Å²) in [4.78, 5) is 4.66. The lowest BCUT2D eigenvalue weighted by atomic mass is 9.80. The molecule has 0 amide bonds. The molecule has 0 aliphatic heterocycles. The normalized spacial score (nSPS) is 13.6. The van der Waals surface area contributed by atoms with Crippen molar-refractivity contribution in [1.82, 2.24) is 4.98 Å². The Labute approximate surface area is 247 Å². The highest BCUT2D eigenvalue weighted by molar-refractivity contribution is 6.23. The molecule has 1 heteroatoms. The molecule has 0 saturated carbocycles. The molecular weight excluding hydrogens is 506 g/mol. The Morgan fingerprint density at radius 2 is 1.19 bits per heavy atom. The molecule has 202 valence electrons. The summed E-state index contributed by atoms with van der Waals surface area (Å²) in [6.07, 6.45) is 4.00. The van der Waals surface area contributed by atoms with Crippen molar-refractivity contribution >= 4 is 32.3 Å². The van der Waals surface area contributed by atoms with Crippen molar-refractivity contribution in [2.45, 2.75) is 39.0 Å². The molecule has 1 heterocycles. The Hall–Kier alpha value is -4.75. The minimum absolute atomic E-state index is 0.0711. The van der Waals surface area contributed by atoms with Gasteiger partial charge in [-0.3, -0.25) is 4.98 Å². The van der Waals surface area contributed by atoms with Crippen LogP contribution in [0.1, 0.15) is 50.3 Å². The zero-order valence-electron chi connectivity index (χ0n) is 24.6. The van der Waals surface area contributed by atoms with E-state index in [2.05, 4.69) is 148 Å². The van der Waals surface area contributed by atoms with Crippen LogP contribution < -0.4 is 0 Å². The molecule has 1 aromatic heterocycles. The fourth-order valence-corrected chi connectivity index (χ4v) is 7.34. The predicted molar refractivity (Wildman–Crippen MR) is 179 cm³/mol. The molecular formula is C41H33N. The molecule has 0 saturated heterocycles. The van der Waals surface area contributed by atoms with Crippen molar-refractivity contribution in [1.29, 1.82) is 0 Å². The lowest BCUT2D eigenvalue weighted by Gasteiger charge is -2.24. The van der Waals surface area contributed by atoms with E-state index in [1.807, 2.05) is 6.20 Å². The number of rotatable bonds is 3. The topological polar surface area (TPSA) is 12.9 Å². The van der Waals surface area contributed by atoms with Crippen LogP contribution in [0.25, 0.3) is 65.7 Å². The van der Waals surface area contributed by atoms with E-state index in [4.69, 9.17) is 0 Å². The molecule has 1 aliphatic rings. The van der Waals surface area contributed by atoms with E-state index in [9.17, 15) is 0 Å². The van der Waals surface area contributed by atoms with Crippen LogP contribution in [0.15, 0.2) is 122 Å². The maximum Gasteiger partial charge on any atom is 0.0353 e. The molecule has 0 N–H and O–H groups in total. The number of benzene rings is 6. The summed E-state index contributed by atoms with van der Waals surface area (Å²) in [5, 5.41) is 7.48. The second-order valence-electron chi connectivity index (χ2n) is 12.6. The Morgan fingerprint density at radius 1 is 0.548 bits per heavy atom. The van der Waals surface area contributed by atoms with Gasteiger partial charge in [0, 0.05) is 23.2 Å². The predicted octanol–water partition coefficient (Wildman–Crippen LogP) is 11.3. The summed E-state index contributed by atoms with van der Waals surface area (Å²) in [6.45, 7) is 9.32. The first kappa shape index (κ1) is 25.0. The van der Waals surface area contributed by atoms with E-state index in [0.717, 1.165) is 0 Å². The van der Waals surface area contributed by atoms with E-state index in [1.54, 1.807) is 0 Å². The number of fused-ring (bicyclic) bond motifs is 6. The highest BCUT2D eigenvalue weighted by Gasteiger charge is 2.36. The van der Waals surface area contributed by atoms with E-state index in [1.165, 1.54) is 82.4 Å². The first-order valence-corrected chi connectivity index (χ1v) is 15.0. The number of pyridine rings is 1. The van der Waals surface area contributed by atoms with Crippen molar-refractivity contribution in [2.75, 3.05) is 0 Å². The van der Waals surface area contributed by atoms with Gasteiger partial charge < -0.3 is 0 Å². The number of aromatic nitrogens is 1. The van der Waals surface area contributed by atoms with Gasteiger partial charge in [-0.15, -0.1) is 0 Å². The van der Waals surface area contributed by atoms with Gasteiger partial charge in [0.1, 0.15) is 0 Å². The van der Waals surface area contributed by atoms with E-state index in [-0.39, 0.29) is 5.41 Å². The standard InChI is InChI=1S/C41H33N/c1-25(2)27-16-18-30-31-19-17-28(23-38(31)41(3,4)37(30)22-27)39-33-13-7-8-14-34(33)40(35-20-21-42-24-36(35)39)32-15-9-11-26-10-5-6-12-29(26)32/h5-25H,1-4H3. The lowest BCUT2D eigenvalue weighted by molar-refractivity contribution is 0.658. The van der Waals surface area contributed by atoms with Crippen LogP contribution in [0.3, 0.4) is 0 Å². The van der Waals surface area contributed by atoms with Crippen LogP contribution in [0, 0.1) is 0 Å². The molecule has 1 nitrogen and oxygen atoms in total. The average Bonchev–Trinajstić information content (AvgIpc) is 3.25. The van der Waals surface area contributed by atoms with Crippen molar-refractivity contribution in [2.24, 2.45) is 0 Å². The van der Waals surface area contributed by atoms with Crippen LogP contribution in [-0.2, 0) is 5.41 Å². The molecule has 0 spiro atoms. The maximum atomic E-state index is 4.66. The molecule has 0 unspecified atom stereocenters. The van der Waals surface area contributed by atoms with Gasteiger partial charge in [-0.2, -0.15) is 0 Å². The minimum atomic E-state index is -0.0711. The average molecular weight is 540 g/mol. The van der Waals surface area contributed by atoms with Gasteiger partial charge in [0.05, 0.1) is 0 Å². The summed E-state index contributed by atoms with van der Waals surface area (Å²) in [5.41, 5.74) is 11.9. The van der Waals surface area contributed by atoms with E-state index in [0.29, 0.717) is 5.92 Å². The van der Waals surface area contributed by atoms with Crippen molar-refractivity contribution < 1.29 is 0 Å². The molecule has 0 fully saturated rings. The van der Waals surface area contributed by atoms with Crippen LogP contribution in [0.4, 0.5) is 0 Å². The Morgan fingerprint density at radius 3 is 1.98 bits per heavy atom. The Kier molecular flexibility index (Phi) is 5.43. The first-order valence-electron chi connectivity index (χ1n) is 15.0. The van der Waals surface area contributed by atoms with Crippen LogP contribution in [0.2, 0.25) is 0 Å². The van der Waals surface area contributed by atoms with Gasteiger partial charge in [0.25, 0.3) is 0 Å². The summed E-state index contributed by atoms with van der Waals surface area (Å²) < 4.78 is 0. The summed E-state index contributed by atoms with van der Waals surface area (Å²) in [7, 11) is 0. The largest absolute Gasteiger partial charge is 0.264 e. The minimum Gasteiger partial charge on any atom is -0.264 e. The van der Waals surface area contributed by atoms with Crippen LogP contribution in [-0.4, -0.2) is 4.98 Å². The highest BCUT2D eigenvalue weighted by Crippen LogP contribution is 2.52. The van der Waals surface area contributed by atoms with E-state index < -0.39 is 0 Å². The number of hydrogen-bond donors (Lipinski definition) is 0. The fraction of sp³-hybridized carbons (Fsp3) is 0.146. The third-order valence-corrected chi connectivity index (χ3v) is 9.54. The molecule has 0 radical (unpaired) electrons. The quantitative estimate of drug-likeness (QED) is 0.204. The molecule has 7 aromatic rings. The number of hydrogen-bond acceptors (Lipinski definition) is 1. The Bertz CT molecular complexity index is 2140. The summed E-state index contributed by atoms with van der Waals surface area (Å²) in [5.74, 6) is 0.510. The van der Waals surface area contributed by atoms with Gasteiger partial charge in [-0.1, -0.05) is 125 Å². The molecule has 0 atom stereocenters. The lowest BCUT2D eigenvalue weighted by Crippen LogP contribution is -2.15. The molecule has 42 heavy (non-hydrogen) atoms. The second-order valence-corrected chi connectivity index (χ2v) is 12.6. The van der Waals surface area contributed by atoms with Gasteiger partial charge in [0.15, 0.2) is 0 Å². The molecule has 0 bridgehead atoms. The van der Waals surface area contributed by atoms with Crippen molar-refractivity contribution in [3.8, 4) is 33.4 Å². The SMILES string of the molecule is CC(C)c1ccc2c(c1)C(C)(C)c1cc(-c3c4ccccc4c(-c4cccc5ccccc45)c4ccncc34)ccc1-2. The summed E-state index contributed by atoms with van der Waals surface area (Å²) >= 11 is 0. The zero-order valence-corrected chi connectivity index (χ0v) is 24.6. The monoisotopic (exact) mass is 539 g/mol. The Balaban J connectivity index is 1.42. The van der Waals surface area contributed by atoms with Crippen LogP contribution >= 0.6 is 0 Å². The fourth-order valence-electron chi connectivity index (χ4n) is 7.34. The maximum absolute atomic E-state index is 4.66. The summed E-state index contributed by atoms with van der Waals surface area (Å²) in [6, 6.07) is 40.7. The second kappa shape index (κ2) is 9.13. The smallest absolute Gasteiger partial charge is 0.0353 e. The highest BCUT2D eigenvalue weighted by atomic mass is 14.6. The third kappa shape index (κ3) is 3.53. The number of nitrogens with zero attached hydrogens (tertiary/aromatic N) is 1.